The molecule has 4 nitrogen and oxygen atoms in total. The molecular weight excluding hydrogens is 236 g/mol. The Bertz CT molecular complexity index is 539. The van der Waals surface area contributed by atoms with Gasteiger partial charge in [0.2, 0.25) is 0 Å². The number of H-pyrrole nitrogens is 1. The molecule has 4 heteroatoms. The van der Waals surface area contributed by atoms with Gasteiger partial charge in [-0.15, -0.1) is 0 Å². The summed E-state index contributed by atoms with van der Waals surface area (Å²) in [5.41, 5.74) is 9.19. The Balaban J connectivity index is 1.85. The van der Waals surface area contributed by atoms with Crippen molar-refractivity contribution in [2.24, 2.45) is 5.73 Å². The van der Waals surface area contributed by atoms with E-state index in [2.05, 4.69) is 23.0 Å². The molecule has 0 saturated heterocycles. The fourth-order valence-corrected chi connectivity index (χ4v) is 2.85. The number of hydrogen-bond acceptors (Lipinski definition) is 3. The monoisotopic (exact) mass is 256 g/mol. The first kappa shape index (κ1) is 12.4. The summed E-state index contributed by atoms with van der Waals surface area (Å²) in [6.45, 7) is 2.08. The van der Waals surface area contributed by atoms with Crippen molar-refractivity contribution in [2.45, 2.75) is 44.6 Å². The Morgan fingerprint density at radius 2 is 2.05 bits per heavy atom. The highest BCUT2D eigenvalue weighted by molar-refractivity contribution is 5.60. The van der Waals surface area contributed by atoms with Gasteiger partial charge in [0.1, 0.15) is 5.82 Å². The number of hydrogen-bond donors (Lipinski definition) is 2. The molecule has 3 rings (SSSR count). The first-order valence-electron chi connectivity index (χ1n) is 6.96. The molecule has 0 spiro atoms. The van der Waals surface area contributed by atoms with E-state index in [-0.39, 0.29) is 0 Å². The molecule has 0 radical (unpaired) electrons. The maximum absolute atomic E-state index is 5.96. The molecule has 0 bridgehead atoms. The third kappa shape index (κ3) is 2.54. The third-order valence-corrected chi connectivity index (χ3v) is 4.00. The van der Waals surface area contributed by atoms with Crippen molar-refractivity contribution in [1.29, 1.82) is 0 Å². The highest BCUT2D eigenvalue weighted by atomic mass is 14.9. The van der Waals surface area contributed by atoms with Crippen LogP contribution in [0.1, 0.15) is 43.1 Å². The Labute approximate surface area is 113 Å². The van der Waals surface area contributed by atoms with Gasteiger partial charge in [0.05, 0.1) is 5.69 Å². The van der Waals surface area contributed by atoms with Crippen LogP contribution in [0.2, 0.25) is 0 Å². The number of nitrogens with one attached hydrogen (secondary N) is 1. The van der Waals surface area contributed by atoms with Gasteiger partial charge >= 0.3 is 0 Å². The summed E-state index contributed by atoms with van der Waals surface area (Å²) >= 11 is 0. The summed E-state index contributed by atoms with van der Waals surface area (Å²) in [5, 5.41) is 0. The van der Waals surface area contributed by atoms with Gasteiger partial charge in [0.25, 0.3) is 0 Å². The van der Waals surface area contributed by atoms with Crippen LogP contribution in [0.5, 0.6) is 0 Å². The molecule has 0 aromatic carbocycles. The molecule has 2 aromatic rings. The van der Waals surface area contributed by atoms with E-state index in [0.29, 0.717) is 12.0 Å². The Morgan fingerprint density at radius 1 is 1.26 bits per heavy atom. The molecule has 2 heterocycles. The lowest BCUT2D eigenvalue weighted by Gasteiger charge is -2.24. The number of aromatic nitrogens is 3. The number of aryl methyl sites for hydroxylation is 1. The average Bonchev–Trinajstić information content (AvgIpc) is 2.83. The minimum Gasteiger partial charge on any atom is -0.345 e. The van der Waals surface area contributed by atoms with E-state index in [4.69, 9.17) is 10.7 Å². The van der Waals surface area contributed by atoms with Crippen LogP contribution in [-0.4, -0.2) is 21.0 Å². The van der Waals surface area contributed by atoms with Crippen LogP contribution in [0, 0.1) is 6.92 Å². The standard InChI is InChI=1S/C15H20N4/c1-10-14(12-3-2-8-17-9-12)19-15(18-10)11-4-6-13(16)7-5-11/h2-3,8-9,11,13H,4-7,16H2,1H3,(H,18,19). The van der Waals surface area contributed by atoms with Crippen LogP contribution in [0.3, 0.4) is 0 Å². The van der Waals surface area contributed by atoms with E-state index < -0.39 is 0 Å². The number of rotatable bonds is 2. The Morgan fingerprint density at radius 3 is 2.74 bits per heavy atom. The van der Waals surface area contributed by atoms with Crippen LogP contribution in [-0.2, 0) is 0 Å². The maximum atomic E-state index is 5.96. The van der Waals surface area contributed by atoms with E-state index in [1.807, 2.05) is 12.3 Å². The number of pyridine rings is 1. The minimum atomic E-state index is 0.380. The lowest BCUT2D eigenvalue weighted by molar-refractivity contribution is 0.386. The van der Waals surface area contributed by atoms with Crippen molar-refractivity contribution >= 4 is 0 Å². The zero-order chi connectivity index (χ0) is 13.2. The van der Waals surface area contributed by atoms with Crippen molar-refractivity contribution in [2.75, 3.05) is 0 Å². The molecule has 0 amide bonds. The average molecular weight is 256 g/mol. The smallest absolute Gasteiger partial charge is 0.110 e. The van der Waals surface area contributed by atoms with Gasteiger partial charge in [-0.2, -0.15) is 0 Å². The van der Waals surface area contributed by atoms with Crippen LogP contribution in [0.4, 0.5) is 0 Å². The maximum Gasteiger partial charge on any atom is 0.110 e. The number of aromatic amines is 1. The van der Waals surface area contributed by atoms with Gasteiger partial charge in [-0.05, 0) is 44.7 Å². The van der Waals surface area contributed by atoms with Crippen LogP contribution >= 0.6 is 0 Å². The molecule has 1 saturated carbocycles. The van der Waals surface area contributed by atoms with E-state index >= 15 is 0 Å². The minimum absolute atomic E-state index is 0.380. The molecule has 2 aromatic heterocycles. The summed E-state index contributed by atoms with van der Waals surface area (Å²) in [5.74, 6) is 1.65. The van der Waals surface area contributed by atoms with Gasteiger partial charge in [-0.25, -0.2) is 4.98 Å². The van der Waals surface area contributed by atoms with Crippen molar-refractivity contribution in [3.8, 4) is 11.3 Å². The lowest BCUT2D eigenvalue weighted by atomic mass is 9.86. The fourth-order valence-electron chi connectivity index (χ4n) is 2.85. The molecule has 1 fully saturated rings. The molecule has 0 unspecified atom stereocenters. The van der Waals surface area contributed by atoms with Crippen molar-refractivity contribution in [3.63, 3.8) is 0 Å². The highest BCUT2D eigenvalue weighted by Crippen LogP contribution is 2.32. The van der Waals surface area contributed by atoms with Gasteiger partial charge in [0, 0.05) is 35.6 Å². The zero-order valence-corrected chi connectivity index (χ0v) is 11.3. The van der Waals surface area contributed by atoms with Gasteiger partial charge in [-0.3, -0.25) is 4.98 Å². The summed E-state index contributed by atoms with van der Waals surface area (Å²) in [7, 11) is 0. The molecule has 19 heavy (non-hydrogen) atoms. The summed E-state index contributed by atoms with van der Waals surface area (Å²) in [6.07, 6.45) is 8.14. The SMILES string of the molecule is Cc1[nH]c(C2CCC(N)CC2)nc1-c1cccnc1. The second-order valence-corrected chi connectivity index (χ2v) is 5.45. The summed E-state index contributed by atoms with van der Waals surface area (Å²) < 4.78 is 0. The molecule has 0 aliphatic heterocycles. The number of nitrogens with zero attached hydrogens (tertiary/aromatic N) is 2. The normalized spacial score (nSPS) is 23.5. The predicted octanol–water partition coefficient (Wildman–Crippen LogP) is 2.77. The van der Waals surface area contributed by atoms with Crippen LogP contribution in [0.15, 0.2) is 24.5 Å². The molecule has 3 N–H and O–H groups in total. The first-order valence-corrected chi connectivity index (χ1v) is 6.96. The molecule has 1 aliphatic rings. The van der Waals surface area contributed by atoms with E-state index in [9.17, 15) is 0 Å². The van der Waals surface area contributed by atoms with Crippen LogP contribution in [0.25, 0.3) is 11.3 Å². The lowest BCUT2D eigenvalue weighted by Crippen LogP contribution is -2.26. The fraction of sp³-hybridized carbons (Fsp3) is 0.467. The second-order valence-electron chi connectivity index (χ2n) is 5.45. The largest absolute Gasteiger partial charge is 0.345 e. The quantitative estimate of drug-likeness (QED) is 0.868. The van der Waals surface area contributed by atoms with Crippen molar-refractivity contribution in [1.82, 2.24) is 15.0 Å². The Hall–Kier alpha value is -1.68. The molecule has 0 atom stereocenters. The van der Waals surface area contributed by atoms with Crippen molar-refractivity contribution < 1.29 is 0 Å². The van der Waals surface area contributed by atoms with E-state index in [1.165, 1.54) is 0 Å². The predicted molar refractivity (Wildman–Crippen MR) is 75.7 cm³/mol. The van der Waals surface area contributed by atoms with Gasteiger partial charge in [0.15, 0.2) is 0 Å². The van der Waals surface area contributed by atoms with Crippen molar-refractivity contribution in [3.05, 3.63) is 36.0 Å². The molecule has 1 aliphatic carbocycles. The third-order valence-electron chi connectivity index (χ3n) is 4.00. The van der Waals surface area contributed by atoms with Gasteiger partial charge in [-0.1, -0.05) is 0 Å². The zero-order valence-electron chi connectivity index (χ0n) is 11.3. The van der Waals surface area contributed by atoms with Gasteiger partial charge < -0.3 is 10.7 Å². The Kier molecular flexibility index (Phi) is 3.34. The van der Waals surface area contributed by atoms with E-state index in [1.54, 1.807) is 6.20 Å². The highest BCUT2D eigenvalue weighted by Gasteiger charge is 2.23. The van der Waals surface area contributed by atoms with Crippen LogP contribution < -0.4 is 5.73 Å². The summed E-state index contributed by atoms with van der Waals surface area (Å²) in [6, 6.07) is 4.38. The van der Waals surface area contributed by atoms with E-state index in [0.717, 1.165) is 48.5 Å². The first-order chi connectivity index (χ1) is 9.24. The number of nitrogens with two attached hydrogens (primary N) is 1. The molecular formula is C15H20N4. The summed E-state index contributed by atoms with van der Waals surface area (Å²) in [4.78, 5) is 12.4. The topological polar surface area (TPSA) is 67.6 Å². The second kappa shape index (κ2) is 5.13. The number of imidazole rings is 1. The molecule has 100 valence electrons.